The van der Waals surface area contributed by atoms with Crippen molar-refractivity contribution in [1.29, 1.82) is 0 Å². The Morgan fingerprint density at radius 1 is 1.00 bits per heavy atom. The van der Waals surface area contributed by atoms with Gasteiger partial charge in [-0.2, -0.15) is 0 Å². The van der Waals surface area contributed by atoms with Crippen LogP contribution in [0.5, 0.6) is 0 Å². The predicted molar refractivity (Wildman–Crippen MR) is 87.4 cm³/mol. The molecule has 4 heteroatoms. The van der Waals surface area contributed by atoms with Crippen LogP contribution in [0.2, 0.25) is 0 Å². The summed E-state index contributed by atoms with van der Waals surface area (Å²) in [5.74, 6) is -0.728. The van der Waals surface area contributed by atoms with Gasteiger partial charge in [0.1, 0.15) is 5.82 Å². The molecule has 0 spiro atoms. The quantitative estimate of drug-likeness (QED) is 0.801. The van der Waals surface area contributed by atoms with Crippen LogP contribution in [-0.2, 0) is 6.42 Å². The second kappa shape index (κ2) is 6.40. The van der Waals surface area contributed by atoms with Crippen LogP contribution in [0.15, 0.2) is 66.9 Å². The zero-order valence-electron chi connectivity index (χ0n) is 12.4. The number of nitrogens with two attached hydrogens (primary N) is 1. The Hall–Kier alpha value is -3.01. The van der Waals surface area contributed by atoms with E-state index in [0.29, 0.717) is 23.2 Å². The van der Waals surface area contributed by atoms with Gasteiger partial charge in [-0.3, -0.25) is 9.78 Å². The van der Waals surface area contributed by atoms with E-state index in [1.807, 2.05) is 30.3 Å². The molecule has 0 aliphatic rings. The highest BCUT2D eigenvalue weighted by molar-refractivity contribution is 5.99. The fourth-order valence-electron chi connectivity index (χ4n) is 2.49. The van der Waals surface area contributed by atoms with Gasteiger partial charge in [-0.25, -0.2) is 4.39 Å². The van der Waals surface area contributed by atoms with Crippen molar-refractivity contribution < 1.29 is 9.18 Å². The average Bonchev–Trinajstić information content (AvgIpc) is 2.55. The second-order valence-electron chi connectivity index (χ2n) is 5.27. The summed E-state index contributed by atoms with van der Waals surface area (Å²) < 4.78 is 13.2. The summed E-state index contributed by atoms with van der Waals surface area (Å²) in [6.45, 7) is 0. The maximum absolute atomic E-state index is 13.2. The van der Waals surface area contributed by atoms with Gasteiger partial charge in [0.2, 0.25) is 5.91 Å². The maximum atomic E-state index is 13.2. The van der Waals surface area contributed by atoms with Crippen LogP contribution in [-0.4, -0.2) is 10.9 Å². The van der Waals surface area contributed by atoms with Crippen LogP contribution in [0.4, 0.5) is 4.39 Å². The number of nitrogens with zero attached hydrogens (tertiary/aromatic N) is 1. The minimum absolute atomic E-state index is 0.248. The molecule has 0 aliphatic carbocycles. The van der Waals surface area contributed by atoms with Crippen LogP contribution >= 0.6 is 0 Å². The van der Waals surface area contributed by atoms with Gasteiger partial charge in [0.05, 0.1) is 5.69 Å². The van der Waals surface area contributed by atoms with Gasteiger partial charge in [0.25, 0.3) is 0 Å². The van der Waals surface area contributed by atoms with Crippen molar-refractivity contribution in [2.45, 2.75) is 6.42 Å². The fourth-order valence-corrected chi connectivity index (χ4v) is 2.49. The molecule has 0 aliphatic heterocycles. The van der Waals surface area contributed by atoms with Crippen LogP contribution in [0.25, 0.3) is 11.3 Å². The minimum atomic E-state index is -0.480. The average molecular weight is 306 g/mol. The largest absolute Gasteiger partial charge is 0.366 e. The Kier molecular flexibility index (Phi) is 4.15. The van der Waals surface area contributed by atoms with Crippen molar-refractivity contribution in [2.24, 2.45) is 5.73 Å². The molecule has 0 saturated heterocycles. The first-order valence-electron chi connectivity index (χ1n) is 7.22. The standard InChI is InChI=1S/C19H15FN2O/c20-15-5-3-4-13(11-15)10-14-8-9-18(22-12-14)16-6-1-2-7-17(16)19(21)23/h1-9,11-12H,10H2,(H2,21,23). The molecule has 23 heavy (non-hydrogen) atoms. The number of rotatable bonds is 4. The number of amides is 1. The molecule has 1 aromatic heterocycles. The first-order chi connectivity index (χ1) is 11.1. The maximum Gasteiger partial charge on any atom is 0.249 e. The van der Waals surface area contributed by atoms with Crippen molar-refractivity contribution in [2.75, 3.05) is 0 Å². The molecule has 2 N–H and O–H groups in total. The van der Waals surface area contributed by atoms with Crippen LogP contribution in [0, 0.1) is 5.82 Å². The smallest absolute Gasteiger partial charge is 0.249 e. The Bertz CT molecular complexity index is 844. The Morgan fingerprint density at radius 2 is 1.83 bits per heavy atom. The van der Waals surface area contributed by atoms with Crippen molar-refractivity contribution >= 4 is 5.91 Å². The lowest BCUT2D eigenvalue weighted by molar-refractivity contribution is 0.100. The van der Waals surface area contributed by atoms with E-state index in [1.165, 1.54) is 12.1 Å². The van der Waals surface area contributed by atoms with Crippen molar-refractivity contribution in [3.05, 3.63) is 89.4 Å². The van der Waals surface area contributed by atoms with E-state index in [0.717, 1.165) is 11.1 Å². The normalized spacial score (nSPS) is 10.5. The first-order valence-corrected chi connectivity index (χ1v) is 7.22. The zero-order chi connectivity index (χ0) is 16.2. The monoisotopic (exact) mass is 306 g/mol. The molecule has 1 amide bonds. The summed E-state index contributed by atoms with van der Waals surface area (Å²) in [7, 11) is 0. The number of primary amides is 1. The molecular formula is C19H15FN2O. The zero-order valence-corrected chi connectivity index (χ0v) is 12.4. The highest BCUT2D eigenvalue weighted by Gasteiger charge is 2.10. The van der Waals surface area contributed by atoms with E-state index in [9.17, 15) is 9.18 Å². The lowest BCUT2D eigenvalue weighted by Gasteiger charge is -2.07. The van der Waals surface area contributed by atoms with E-state index in [4.69, 9.17) is 5.73 Å². The van der Waals surface area contributed by atoms with Gasteiger partial charge in [-0.05, 0) is 41.8 Å². The van der Waals surface area contributed by atoms with E-state index in [1.54, 1.807) is 24.4 Å². The summed E-state index contributed by atoms with van der Waals surface area (Å²) >= 11 is 0. The highest BCUT2D eigenvalue weighted by Crippen LogP contribution is 2.22. The molecule has 3 aromatic rings. The van der Waals surface area contributed by atoms with E-state index in [-0.39, 0.29) is 5.82 Å². The van der Waals surface area contributed by atoms with Crippen LogP contribution in [0.1, 0.15) is 21.5 Å². The molecule has 0 atom stereocenters. The fraction of sp³-hybridized carbons (Fsp3) is 0.0526. The van der Waals surface area contributed by atoms with E-state index < -0.39 is 5.91 Å². The van der Waals surface area contributed by atoms with E-state index in [2.05, 4.69) is 4.98 Å². The summed E-state index contributed by atoms with van der Waals surface area (Å²) in [5, 5.41) is 0. The third kappa shape index (κ3) is 3.43. The molecule has 0 fully saturated rings. The van der Waals surface area contributed by atoms with Gasteiger partial charge < -0.3 is 5.73 Å². The summed E-state index contributed by atoms with van der Waals surface area (Å²) in [5.41, 5.74) is 9.08. The number of aromatic nitrogens is 1. The SMILES string of the molecule is NC(=O)c1ccccc1-c1ccc(Cc2cccc(F)c2)cn1. The van der Waals surface area contributed by atoms with Crippen LogP contribution in [0.3, 0.4) is 0 Å². The number of hydrogen-bond acceptors (Lipinski definition) is 2. The topological polar surface area (TPSA) is 56.0 Å². The summed E-state index contributed by atoms with van der Waals surface area (Å²) in [6.07, 6.45) is 2.33. The predicted octanol–water partition coefficient (Wildman–Crippen LogP) is 3.58. The van der Waals surface area contributed by atoms with Crippen molar-refractivity contribution in [1.82, 2.24) is 4.98 Å². The number of carbonyl (C=O) groups excluding carboxylic acids is 1. The van der Waals surface area contributed by atoms with Gasteiger partial charge in [0, 0.05) is 17.3 Å². The van der Waals surface area contributed by atoms with Gasteiger partial charge in [0.15, 0.2) is 0 Å². The first kappa shape index (κ1) is 14.9. The van der Waals surface area contributed by atoms with Crippen molar-refractivity contribution in [3.8, 4) is 11.3 Å². The van der Waals surface area contributed by atoms with Crippen LogP contribution < -0.4 is 5.73 Å². The highest BCUT2D eigenvalue weighted by atomic mass is 19.1. The van der Waals surface area contributed by atoms with Gasteiger partial charge in [-0.1, -0.05) is 36.4 Å². The number of pyridine rings is 1. The van der Waals surface area contributed by atoms with Crippen molar-refractivity contribution in [3.63, 3.8) is 0 Å². The molecule has 2 aromatic carbocycles. The third-order valence-corrected chi connectivity index (χ3v) is 3.59. The van der Waals surface area contributed by atoms with E-state index >= 15 is 0 Å². The molecule has 0 bridgehead atoms. The number of benzene rings is 2. The second-order valence-corrected chi connectivity index (χ2v) is 5.27. The molecule has 0 saturated carbocycles. The molecule has 0 radical (unpaired) electrons. The summed E-state index contributed by atoms with van der Waals surface area (Å²) in [4.78, 5) is 15.9. The molecule has 1 heterocycles. The molecule has 3 nitrogen and oxygen atoms in total. The molecular weight excluding hydrogens is 291 g/mol. The number of hydrogen-bond donors (Lipinski definition) is 1. The molecule has 114 valence electrons. The Labute approximate surface area is 133 Å². The Morgan fingerprint density at radius 3 is 2.52 bits per heavy atom. The lowest BCUT2D eigenvalue weighted by atomic mass is 10.0. The lowest BCUT2D eigenvalue weighted by Crippen LogP contribution is -2.12. The Balaban J connectivity index is 1.87. The third-order valence-electron chi connectivity index (χ3n) is 3.59. The minimum Gasteiger partial charge on any atom is -0.366 e. The van der Waals surface area contributed by atoms with Gasteiger partial charge >= 0.3 is 0 Å². The van der Waals surface area contributed by atoms with Gasteiger partial charge in [-0.15, -0.1) is 0 Å². The number of carbonyl (C=O) groups is 1. The molecule has 3 rings (SSSR count). The molecule has 0 unspecified atom stereocenters. The summed E-state index contributed by atoms with van der Waals surface area (Å²) in [6, 6.07) is 17.4. The number of halogens is 1.